The molecule has 3 aromatic rings. The number of imidazole rings is 1. The van der Waals surface area contributed by atoms with E-state index in [1.807, 2.05) is 14.0 Å². The third-order valence-electron chi connectivity index (χ3n) is 8.17. The van der Waals surface area contributed by atoms with Gasteiger partial charge in [-0.15, -0.1) is 0 Å². The molecule has 1 N–H and O–H groups in total. The van der Waals surface area contributed by atoms with Crippen molar-refractivity contribution < 1.29 is 18.7 Å². The van der Waals surface area contributed by atoms with Gasteiger partial charge in [0.2, 0.25) is 5.88 Å². The lowest BCUT2D eigenvalue weighted by molar-refractivity contribution is 0.00606. The summed E-state index contributed by atoms with van der Waals surface area (Å²) in [7, 11) is 2.04. The fourth-order valence-electron chi connectivity index (χ4n) is 6.24. The maximum Gasteiger partial charge on any atom is 0.410 e. The minimum Gasteiger partial charge on any atom is -0.471 e. The Hall–Kier alpha value is -2.88. The fourth-order valence-corrected chi connectivity index (χ4v) is 6.74. The Morgan fingerprint density at radius 1 is 1.36 bits per heavy atom. The number of hydrogen-bond donors (Lipinski definition) is 1. The van der Waals surface area contributed by atoms with E-state index in [0.29, 0.717) is 29.3 Å². The number of halogens is 3. The molecule has 0 unspecified atom stereocenters. The zero-order valence-corrected chi connectivity index (χ0v) is 26.7. The van der Waals surface area contributed by atoms with Crippen LogP contribution in [0.15, 0.2) is 15.3 Å². The lowest BCUT2D eigenvalue weighted by atomic mass is 9.95. The van der Waals surface area contributed by atoms with Crippen LogP contribution in [0.5, 0.6) is 5.88 Å². The summed E-state index contributed by atoms with van der Waals surface area (Å²) in [5.74, 6) is -0.522. The van der Waals surface area contributed by atoms with Crippen molar-refractivity contribution in [3.05, 3.63) is 31.9 Å². The number of likely N-dealkylation sites (N-methyl/N-ethyl adjacent to an activating group) is 1. The molecule has 2 aliphatic heterocycles. The molecule has 2 aromatic heterocycles. The predicted octanol–water partition coefficient (Wildman–Crippen LogP) is 6.15. The van der Waals surface area contributed by atoms with E-state index < -0.39 is 35.3 Å². The van der Waals surface area contributed by atoms with Gasteiger partial charge in [0.25, 0.3) is 0 Å². The van der Waals surface area contributed by atoms with Crippen molar-refractivity contribution in [2.24, 2.45) is 0 Å². The zero-order valence-electron chi connectivity index (χ0n) is 24.3. The molecule has 42 heavy (non-hydrogen) atoms. The van der Waals surface area contributed by atoms with Crippen molar-refractivity contribution in [3.8, 4) is 11.9 Å². The van der Waals surface area contributed by atoms with Crippen LogP contribution in [0.3, 0.4) is 0 Å². The van der Waals surface area contributed by atoms with Gasteiger partial charge < -0.3 is 19.4 Å². The summed E-state index contributed by atoms with van der Waals surface area (Å²) < 4.78 is 29.2. The summed E-state index contributed by atoms with van der Waals surface area (Å²) in [6, 6.07) is 3.03. The number of fused-ring (bicyclic) bond motifs is 3. The summed E-state index contributed by atoms with van der Waals surface area (Å²) in [6.45, 7) is 8.55. The van der Waals surface area contributed by atoms with E-state index in [-0.39, 0.29) is 46.0 Å². The number of H-pyrrole nitrogens is 1. The Balaban J connectivity index is 1.62. The molecule has 0 radical (unpaired) electrons. The second-order valence-corrected chi connectivity index (χ2v) is 13.4. The molecule has 1 aromatic carbocycles. The van der Waals surface area contributed by atoms with Crippen molar-refractivity contribution >= 4 is 55.6 Å². The number of hydrogen-bond acceptors (Lipinski definition) is 7. The van der Waals surface area contributed by atoms with Gasteiger partial charge in [-0.3, -0.25) is 9.47 Å². The number of benzene rings is 1. The number of carbonyl (C=O) groups is 1. The van der Waals surface area contributed by atoms with Crippen LogP contribution in [0.1, 0.15) is 65.8 Å². The summed E-state index contributed by atoms with van der Waals surface area (Å²) in [6.07, 6.45) is 2.06. The monoisotopic (exact) mass is 664 g/mol. The summed E-state index contributed by atoms with van der Waals surface area (Å²) in [5, 5.41) is 10.1. The number of aromatic amines is 1. The first kappa shape index (κ1) is 30.6. The molecule has 13 heteroatoms. The van der Waals surface area contributed by atoms with Gasteiger partial charge in [0.05, 0.1) is 27.5 Å². The van der Waals surface area contributed by atoms with Gasteiger partial charge in [0.15, 0.2) is 5.82 Å². The molecule has 226 valence electrons. The number of nitriles is 1. The molecular formula is C29H35BrClFN6O4. The highest BCUT2D eigenvalue weighted by Crippen LogP contribution is 2.40. The van der Waals surface area contributed by atoms with E-state index >= 15 is 4.39 Å². The van der Waals surface area contributed by atoms with Crippen LogP contribution in [0.2, 0.25) is 5.02 Å². The number of rotatable bonds is 5. The van der Waals surface area contributed by atoms with Gasteiger partial charge in [0, 0.05) is 30.1 Å². The molecule has 10 nitrogen and oxygen atoms in total. The largest absolute Gasteiger partial charge is 0.471 e. The maximum absolute atomic E-state index is 15.6. The Morgan fingerprint density at radius 2 is 2.10 bits per heavy atom. The molecule has 1 amide bonds. The van der Waals surface area contributed by atoms with E-state index in [9.17, 15) is 14.9 Å². The van der Waals surface area contributed by atoms with E-state index in [0.717, 1.165) is 19.4 Å². The van der Waals surface area contributed by atoms with Crippen LogP contribution in [-0.2, 0) is 4.74 Å². The van der Waals surface area contributed by atoms with Gasteiger partial charge >= 0.3 is 11.8 Å². The molecule has 2 aliphatic rings. The lowest BCUT2D eigenvalue weighted by Gasteiger charge is -2.39. The lowest BCUT2D eigenvalue weighted by Crippen LogP contribution is -2.49. The zero-order chi connectivity index (χ0) is 30.5. The number of ether oxygens (including phenoxy) is 2. The number of pyridine rings is 1. The highest BCUT2D eigenvalue weighted by molar-refractivity contribution is 9.10. The molecule has 4 heterocycles. The Morgan fingerprint density at radius 3 is 2.74 bits per heavy atom. The molecule has 0 spiro atoms. The highest BCUT2D eigenvalue weighted by Gasteiger charge is 2.37. The van der Waals surface area contributed by atoms with Crippen molar-refractivity contribution in [1.29, 1.82) is 5.26 Å². The average Bonchev–Trinajstić information content (AvgIpc) is 3.50. The van der Waals surface area contributed by atoms with Crippen LogP contribution in [0, 0.1) is 17.1 Å². The smallest absolute Gasteiger partial charge is 0.410 e. The van der Waals surface area contributed by atoms with Crippen molar-refractivity contribution in [2.75, 3.05) is 20.1 Å². The van der Waals surface area contributed by atoms with Crippen molar-refractivity contribution in [3.63, 3.8) is 0 Å². The van der Waals surface area contributed by atoms with Gasteiger partial charge in [-0.2, -0.15) is 5.26 Å². The van der Waals surface area contributed by atoms with Gasteiger partial charge in [-0.25, -0.2) is 19.0 Å². The normalized spacial score (nSPS) is 22.5. The molecule has 2 fully saturated rings. The molecule has 0 aliphatic carbocycles. The van der Waals surface area contributed by atoms with E-state index in [4.69, 9.17) is 21.1 Å². The predicted molar refractivity (Wildman–Crippen MR) is 161 cm³/mol. The first-order chi connectivity index (χ1) is 19.8. The summed E-state index contributed by atoms with van der Waals surface area (Å²) in [5.41, 5.74) is -0.312. The van der Waals surface area contributed by atoms with Crippen LogP contribution < -0.4 is 10.4 Å². The van der Waals surface area contributed by atoms with Crippen LogP contribution in [0.25, 0.3) is 21.9 Å². The minimum absolute atomic E-state index is 0.0215. The van der Waals surface area contributed by atoms with Crippen LogP contribution >= 0.6 is 27.5 Å². The summed E-state index contributed by atoms with van der Waals surface area (Å²) in [4.78, 5) is 37.9. The second kappa shape index (κ2) is 11.7. The topological polar surface area (TPSA) is 116 Å². The van der Waals surface area contributed by atoms with Gasteiger partial charge in [0.1, 0.15) is 22.7 Å². The Kier molecular flexibility index (Phi) is 8.49. The molecule has 0 saturated carbocycles. The number of aromatic nitrogens is 3. The van der Waals surface area contributed by atoms with Crippen LogP contribution in [0.4, 0.5) is 9.18 Å². The van der Waals surface area contributed by atoms with E-state index in [1.165, 1.54) is 0 Å². The average molecular weight is 666 g/mol. The van der Waals surface area contributed by atoms with Gasteiger partial charge in [-0.1, -0.05) is 11.6 Å². The number of amides is 1. The second-order valence-electron chi connectivity index (χ2n) is 12.2. The number of nitrogens with one attached hydrogen (secondary N) is 1. The Bertz CT molecular complexity index is 1630. The van der Waals surface area contributed by atoms with E-state index in [2.05, 4.69) is 36.9 Å². The molecular weight excluding hydrogens is 631 g/mol. The molecule has 4 atom stereocenters. The van der Waals surface area contributed by atoms with Crippen molar-refractivity contribution in [2.45, 2.75) is 89.6 Å². The summed E-state index contributed by atoms with van der Waals surface area (Å²) >= 11 is 9.61. The third-order valence-corrected chi connectivity index (χ3v) is 9.47. The number of likely N-dealkylation sites (tertiary alicyclic amines) is 2. The highest BCUT2D eigenvalue weighted by atomic mass is 79.9. The first-order valence-corrected chi connectivity index (χ1v) is 15.3. The minimum atomic E-state index is -0.691. The third kappa shape index (κ3) is 5.71. The van der Waals surface area contributed by atoms with Crippen molar-refractivity contribution in [1.82, 2.24) is 24.3 Å². The van der Waals surface area contributed by atoms with E-state index in [1.54, 1.807) is 36.3 Å². The van der Waals surface area contributed by atoms with Gasteiger partial charge in [-0.05, 0) is 89.0 Å². The maximum atomic E-state index is 15.6. The first-order valence-electron chi connectivity index (χ1n) is 14.2. The number of nitrogens with zero attached hydrogens (tertiary/aromatic N) is 5. The molecule has 5 rings (SSSR count). The van der Waals surface area contributed by atoms with Crippen LogP contribution in [-0.4, -0.2) is 74.4 Å². The fraction of sp³-hybridized carbons (Fsp3) is 0.586. The quantitative estimate of drug-likeness (QED) is 0.325. The number of piperidine rings is 1. The Labute approximate surface area is 256 Å². The molecule has 0 bridgehead atoms. The number of carbonyl (C=O) groups excluding carboxylic acids is 1. The SMILES string of the molecule is C[C@H](Oc1nc2c(F)c(Br)c(Cl)cc2c2c1[nH]c(=O)n2[C@H]1CCN(C(=O)OC(C)(C)C)[C@@H](CC#N)C1)[C@@H]1CCCN1C. The standard InChI is InChI=1S/C29H35BrClFN6O4/c1-15(20-7-6-11-36(20)5)41-26-24-25(18-14-19(31)21(30)22(32)23(18)34-26)38(27(39)35-24)17-9-12-37(16(13-17)8-10-33)28(40)42-29(2,3)4/h14-17,20H,6-9,11-13H2,1-5H3,(H,35,39)/t15-,16-,17-,20-/m0/s1. The molecule has 2 saturated heterocycles.